The van der Waals surface area contributed by atoms with Crippen LogP contribution in [-0.2, 0) is 16.1 Å². The van der Waals surface area contributed by atoms with Crippen molar-refractivity contribution < 1.29 is 24.2 Å². The van der Waals surface area contributed by atoms with E-state index in [2.05, 4.69) is 5.32 Å². The first-order valence-electron chi connectivity index (χ1n) is 9.70. The Hall–Kier alpha value is -2.28. The van der Waals surface area contributed by atoms with Crippen LogP contribution in [0.4, 0.5) is 9.59 Å². The molecule has 1 aromatic carbocycles. The average molecular weight is 378 g/mol. The smallest absolute Gasteiger partial charge is 0.410 e. The molecule has 27 heavy (non-hydrogen) atoms. The summed E-state index contributed by atoms with van der Waals surface area (Å²) < 4.78 is 10.7. The van der Waals surface area contributed by atoms with Gasteiger partial charge in [-0.05, 0) is 18.4 Å². The Morgan fingerprint density at radius 3 is 2.48 bits per heavy atom. The Morgan fingerprint density at radius 2 is 1.78 bits per heavy atom. The Bertz CT molecular complexity index is 559. The van der Waals surface area contributed by atoms with Gasteiger partial charge in [0.2, 0.25) is 0 Å². The molecule has 150 valence electrons. The van der Waals surface area contributed by atoms with Gasteiger partial charge in [0.05, 0.1) is 0 Å². The summed E-state index contributed by atoms with van der Waals surface area (Å²) >= 11 is 0. The van der Waals surface area contributed by atoms with Crippen molar-refractivity contribution in [1.29, 1.82) is 0 Å². The minimum atomic E-state index is -0.401. The largest absolute Gasteiger partial charge is 0.446 e. The van der Waals surface area contributed by atoms with Crippen LogP contribution in [0.2, 0.25) is 0 Å². The maximum Gasteiger partial charge on any atom is 0.410 e. The third kappa shape index (κ3) is 8.30. The number of hydrogen-bond donors (Lipinski definition) is 2. The minimum absolute atomic E-state index is 0.169. The SMILES string of the molecule is O=C(NCCCCCCO)OC1CCN(C(=O)OCc2ccccc2)CC1. The van der Waals surface area contributed by atoms with E-state index in [1.165, 1.54) is 0 Å². The molecule has 1 aliphatic heterocycles. The highest BCUT2D eigenvalue weighted by atomic mass is 16.6. The molecule has 0 bridgehead atoms. The van der Waals surface area contributed by atoms with E-state index in [0.29, 0.717) is 32.5 Å². The van der Waals surface area contributed by atoms with Crippen LogP contribution in [0, 0.1) is 0 Å². The number of aliphatic hydroxyl groups excluding tert-OH is 1. The van der Waals surface area contributed by atoms with Crippen LogP contribution >= 0.6 is 0 Å². The second kappa shape index (κ2) is 12.2. The van der Waals surface area contributed by atoms with Gasteiger partial charge >= 0.3 is 12.2 Å². The van der Waals surface area contributed by atoms with Gasteiger partial charge in [-0.15, -0.1) is 0 Å². The fourth-order valence-corrected chi connectivity index (χ4v) is 2.94. The summed E-state index contributed by atoms with van der Waals surface area (Å²) in [6.07, 6.45) is 3.95. The molecular weight excluding hydrogens is 348 g/mol. The molecule has 2 rings (SSSR count). The highest BCUT2D eigenvalue weighted by Crippen LogP contribution is 2.15. The lowest BCUT2D eigenvalue weighted by atomic mass is 10.1. The van der Waals surface area contributed by atoms with Crippen molar-refractivity contribution in [2.45, 2.75) is 51.2 Å². The third-order valence-corrected chi connectivity index (χ3v) is 4.53. The molecule has 0 aliphatic carbocycles. The van der Waals surface area contributed by atoms with E-state index in [0.717, 1.165) is 31.2 Å². The van der Waals surface area contributed by atoms with Crippen LogP contribution < -0.4 is 5.32 Å². The summed E-state index contributed by atoms with van der Waals surface area (Å²) in [6.45, 7) is 2.10. The van der Waals surface area contributed by atoms with Crippen LogP contribution in [0.3, 0.4) is 0 Å². The standard InChI is InChI=1S/C20H30N2O5/c23-15-7-2-1-6-12-21-19(24)27-18-10-13-22(14-11-18)20(25)26-16-17-8-4-3-5-9-17/h3-5,8-9,18,23H,1-2,6-7,10-16H2,(H,21,24). The first kappa shape index (κ1) is 21.0. The Balaban J connectivity index is 1.56. The number of aliphatic hydroxyl groups is 1. The summed E-state index contributed by atoms with van der Waals surface area (Å²) in [5, 5.41) is 11.5. The number of nitrogens with zero attached hydrogens (tertiary/aromatic N) is 1. The molecule has 1 aliphatic rings. The van der Waals surface area contributed by atoms with Gasteiger partial charge in [0.25, 0.3) is 0 Å². The van der Waals surface area contributed by atoms with E-state index in [1.54, 1.807) is 4.90 Å². The number of carbonyl (C=O) groups excluding carboxylic acids is 2. The lowest BCUT2D eigenvalue weighted by Gasteiger charge is -2.31. The number of piperidine rings is 1. The number of carbonyl (C=O) groups is 2. The monoisotopic (exact) mass is 378 g/mol. The topological polar surface area (TPSA) is 88.1 Å². The summed E-state index contributed by atoms with van der Waals surface area (Å²) in [6, 6.07) is 9.57. The molecule has 2 amide bonds. The summed E-state index contributed by atoms with van der Waals surface area (Å²) in [7, 11) is 0. The molecule has 0 saturated carbocycles. The van der Waals surface area contributed by atoms with Crippen LogP contribution in [-0.4, -0.2) is 54.5 Å². The van der Waals surface area contributed by atoms with Crippen LogP contribution in [0.25, 0.3) is 0 Å². The lowest BCUT2D eigenvalue weighted by molar-refractivity contribution is 0.0402. The normalized spacial score (nSPS) is 14.6. The lowest BCUT2D eigenvalue weighted by Crippen LogP contribution is -2.42. The van der Waals surface area contributed by atoms with Gasteiger partial charge in [-0.1, -0.05) is 43.2 Å². The highest BCUT2D eigenvalue weighted by Gasteiger charge is 2.26. The zero-order valence-electron chi connectivity index (χ0n) is 15.8. The summed E-state index contributed by atoms with van der Waals surface area (Å²) in [4.78, 5) is 25.6. The number of likely N-dealkylation sites (tertiary alicyclic amines) is 1. The second-order valence-corrected chi connectivity index (χ2v) is 6.70. The maximum atomic E-state index is 12.1. The van der Waals surface area contributed by atoms with Crippen molar-refractivity contribution in [3.8, 4) is 0 Å². The summed E-state index contributed by atoms with van der Waals surface area (Å²) in [5.74, 6) is 0. The molecule has 1 heterocycles. The average Bonchev–Trinajstić information content (AvgIpc) is 2.70. The van der Waals surface area contributed by atoms with Gasteiger partial charge in [0.1, 0.15) is 12.7 Å². The number of benzene rings is 1. The number of amides is 2. The van der Waals surface area contributed by atoms with E-state index in [-0.39, 0.29) is 25.4 Å². The van der Waals surface area contributed by atoms with Crippen molar-refractivity contribution in [3.05, 3.63) is 35.9 Å². The Morgan fingerprint density at radius 1 is 1.07 bits per heavy atom. The molecular formula is C20H30N2O5. The molecule has 7 heteroatoms. The molecule has 0 unspecified atom stereocenters. The van der Waals surface area contributed by atoms with Gasteiger partial charge in [-0.25, -0.2) is 9.59 Å². The maximum absolute atomic E-state index is 12.1. The van der Waals surface area contributed by atoms with Gasteiger partial charge < -0.3 is 24.8 Å². The predicted molar refractivity (Wildman–Crippen MR) is 101 cm³/mol. The number of rotatable bonds is 9. The molecule has 0 aromatic heterocycles. The molecule has 1 fully saturated rings. The van der Waals surface area contributed by atoms with Crippen LogP contribution in [0.1, 0.15) is 44.1 Å². The van der Waals surface area contributed by atoms with E-state index in [4.69, 9.17) is 14.6 Å². The first-order chi connectivity index (χ1) is 13.2. The van der Waals surface area contributed by atoms with Gasteiger partial charge in [-0.2, -0.15) is 0 Å². The zero-order valence-corrected chi connectivity index (χ0v) is 15.8. The second-order valence-electron chi connectivity index (χ2n) is 6.70. The van der Waals surface area contributed by atoms with Crippen molar-refractivity contribution >= 4 is 12.2 Å². The molecule has 0 radical (unpaired) electrons. The fraction of sp³-hybridized carbons (Fsp3) is 0.600. The number of nitrogens with one attached hydrogen (secondary N) is 1. The van der Waals surface area contributed by atoms with Crippen molar-refractivity contribution in [1.82, 2.24) is 10.2 Å². The van der Waals surface area contributed by atoms with E-state index in [1.807, 2.05) is 30.3 Å². The minimum Gasteiger partial charge on any atom is -0.446 e. The number of ether oxygens (including phenoxy) is 2. The van der Waals surface area contributed by atoms with E-state index < -0.39 is 6.09 Å². The molecule has 7 nitrogen and oxygen atoms in total. The quantitative estimate of drug-likeness (QED) is 0.645. The van der Waals surface area contributed by atoms with E-state index in [9.17, 15) is 9.59 Å². The third-order valence-electron chi connectivity index (χ3n) is 4.53. The molecule has 0 atom stereocenters. The highest BCUT2D eigenvalue weighted by molar-refractivity contribution is 5.68. The number of unbranched alkanes of at least 4 members (excludes halogenated alkanes) is 3. The predicted octanol–water partition coefficient (Wildman–Crippen LogP) is 3.07. The van der Waals surface area contributed by atoms with Crippen molar-refractivity contribution in [2.75, 3.05) is 26.2 Å². The summed E-state index contributed by atoms with van der Waals surface area (Å²) in [5.41, 5.74) is 0.956. The molecule has 1 saturated heterocycles. The number of hydrogen-bond acceptors (Lipinski definition) is 5. The van der Waals surface area contributed by atoms with Crippen LogP contribution in [0.15, 0.2) is 30.3 Å². The van der Waals surface area contributed by atoms with Gasteiger partial charge in [-0.3, -0.25) is 0 Å². The van der Waals surface area contributed by atoms with Crippen molar-refractivity contribution in [2.24, 2.45) is 0 Å². The Labute approximate surface area is 160 Å². The van der Waals surface area contributed by atoms with Gasteiger partial charge in [0.15, 0.2) is 0 Å². The first-order valence-corrected chi connectivity index (χ1v) is 9.70. The molecule has 2 N–H and O–H groups in total. The molecule has 1 aromatic rings. The Kier molecular flexibility index (Phi) is 9.48. The molecule has 0 spiro atoms. The fourth-order valence-electron chi connectivity index (χ4n) is 2.94. The zero-order chi connectivity index (χ0) is 19.3. The number of alkyl carbamates (subject to hydrolysis) is 1. The van der Waals surface area contributed by atoms with Gasteiger partial charge in [0, 0.05) is 39.1 Å². The van der Waals surface area contributed by atoms with Crippen molar-refractivity contribution in [3.63, 3.8) is 0 Å². The van der Waals surface area contributed by atoms with Crippen LogP contribution in [0.5, 0.6) is 0 Å². The van der Waals surface area contributed by atoms with E-state index >= 15 is 0 Å².